The Labute approximate surface area is 151 Å². The van der Waals surface area contributed by atoms with Crippen LogP contribution in [-0.4, -0.2) is 34.3 Å². The molecule has 2 aromatic rings. The van der Waals surface area contributed by atoms with Gasteiger partial charge in [-0.3, -0.25) is 4.79 Å². The van der Waals surface area contributed by atoms with Crippen molar-refractivity contribution in [2.75, 3.05) is 19.0 Å². The van der Waals surface area contributed by atoms with Gasteiger partial charge in [0.25, 0.3) is 5.91 Å². The molecule has 8 nitrogen and oxygen atoms in total. The predicted octanol–water partition coefficient (Wildman–Crippen LogP) is 1.64. The van der Waals surface area contributed by atoms with E-state index in [-0.39, 0.29) is 11.5 Å². The largest absolute Gasteiger partial charge is 0.497 e. The predicted molar refractivity (Wildman–Crippen MR) is 97.7 cm³/mol. The number of oxime groups is 1. The summed E-state index contributed by atoms with van der Waals surface area (Å²) in [4.78, 5) is 16.7. The number of carbonyl (C=O) groups excluding carboxylic acids is 1. The second kappa shape index (κ2) is 8.45. The molecule has 2 rings (SSSR count). The summed E-state index contributed by atoms with van der Waals surface area (Å²) in [7, 11) is -2.29. The Bertz CT molecular complexity index is 908. The maximum absolute atomic E-state index is 11.8. The molecule has 0 saturated carbocycles. The molecule has 0 aliphatic rings. The smallest absolute Gasteiger partial charge is 0.265 e. The molecule has 9 heteroatoms. The van der Waals surface area contributed by atoms with Crippen LogP contribution in [0.25, 0.3) is 0 Å². The molecule has 0 heterocycles. The Kier molecular flexibility index (Phi) is 6.31. The topological polar surface area (TPSA) is 120 Å². The van der Waals surface area contributed by atoms with Gasteiger partial charge in [-0.2, -0.15) is 0 Å². The van der Waals surface area contributed by atoms with Crippen LogP contribution in [0.2, 0.25) is 0 Å². The van der Waals surface area contributed by atoms with Gasteiger partial charge in [0.2, 0.25) is 10.0 Å². The van der Waals surface area contributed by atoms with Gasteiger partial charge >= 0.3 is 0 Å². The van der Waals surface area contributed by atoms with E-state index in [1.807, 2.05) is 0 Å². The minimum Gasteiger partial charge on any atom is -0.497 e. The van der Waals surface area contributed by atoms with Gasteiger partial charge in [0.15, 0.2) is 6.61 Å². The van der Waals surface area contributed by atoms with Gasteiger partial charge in [0.1, 0.15) is 5.75 Å². The zero-order chi connectivity index (χ0) is 19.2. The number of primary sulfonamides is 1. The van der Waals surface area contributed by atoms with Crippen LogP contribution in [-0.2, 0) is 19.7 Å². The lowest BCUT2D eigenvalue weighted by atomic mass is 10.2. The van der Waals surface area contributed by atoms with Gasteiger partial charge in [-0.15, -0.1) is 0 Å². The summed E-state index contributed by atoms with van der Waals surface area (Å²) in [6, 6.07) is 11.5. The van der Waals surface area contributed by atoms with E-state index in [9.17, 15) is 13.2 Å². The first-order valence-corrected chi connectivity index (χ1v) is 9.07. The first-order chi connectivity index (χ1) is 12.3. The number of sulfonamides is 1. The number of aryl methyl sites for hydroxylation is 1. The van der Waals surface area contributed by atoms with E-state index in [4.69, 9.17) is 14.7 Å². The summed E-state index contributed by atoms with van der Waals surface area (Å²) in [5.74, 6) is 0.237. The maximum atomic E-state index is 11.8. The second-order valence-corrected chi connectivity index (χ2v) is 6.88. The second-order valence-electron chi connectivity index (χ2n) is 5.35. The number of hydrogen-bond acceptors (Lipinski definition) is 6. The number of nitrogens with two attached hydrogens (primary N) is 1. The third-order valence-electron chi connectivity index (χ3n) is 3.37. The molecular weight excluding hydrogens is 358 g/mol. The van der Waals surface area contributed by atoms with Crippen molar-refractivity contribution in [1.29, 1.82) is 0 Å². The standard InChI is InChI=1S/C17H19N3O5S/c1-12-3-6-14(9-16(12)26(18,22)23)20-17(21)11-25-19-10-13-4-7-15(24-2)8-5-13/h3-10H,11H2,1-2H3,(H,20,21)(H2,18,22,23)/b19-10-. The van der Waals surface area contributed by atoms with Crippen molar-refractivity contribution in [2.45, 2.75) is 11.8 Å². The fourth-order valence-electron chi connectivity index (χ4n) is 2.07. The Morgan fingerprint density at radius 3 is 2.54 bits per heavy atom. The van der Waals surface area contributed by atoms with Gasteiger partial charge in [0, 0.05) is 5.69 Å². The highest BCUT2D eigenvalue weighted by molar-refractivity contribution is 7.89. The molecule has 0 atom stereocenters. The number of benzene rings is 2. The molecule has 0 fully saturated rings. The fourth-order valence-corrected chi connectivity index (χ4v) is 2.87. The Morgan fingerprint density at radius 2 is 1.92 bits per heavy atom. The van der Waals surface area contributed by atoms with Crippen LogP contribution in [0, 0.1) is 6.92 Å². The molecule has 0 aliphatic heterocycles. The highest BCUT2D eigenvalue weighted by Crippen LogP contribution is 2.18. The summed E-state index contributed by atoms with van der Waals surface area (Å²) in [6.45, 7) is 1.29. The van der Waals surface area contributed by atoms with Crippen molar-refractivity contribution in [2.24, 2.45) is 10.3 Å². The highest BCUT2D eigenvalue weighted by atomic mass is 32.2. The molecule has 1 amide bonds. The van der Waals surface area contributed by atoms with Crippen molar-refractivity contribution in [3.05, 3.63) is 53.6 Å². The van der Waals surface area contributed by atoms with Gasteiger partial charge in [-0.05, 0) is 54.4 Å². The zero-order valence-electron chi connectivity index (χ0n) is 14.3. The van der Waals surface area contributed by atoms with Crippen molar-refractivity contribution >= 4 is 27.8 Å². The van der Waals surface area contributed by atoms with Crippen LogP contribution in [0.5, 0.6) is 5.75 Å². The Balaban J connectivity index is 1.90. The number of hydrogen-bond donors (Lipinski definition) is 2. The quantitative estimate of drug-likeness (QED) is 0.561. The lowest BCUT2D eigenvalue weighted by Crippen LogP contribution is -2.18. The molecule has 2 aromatic carbocycles. The highest BCUT2D eigenvalue weighted by Gasteiger charge is 2.13. The lowest BCUT2D eigenvalue weighted by molar-refractivity contribution is -0.120. The van der Waals surface area contributed by atoms with E-state index < -0.39 is 15.9 Å². The number of amides is 1. The van der Waals surface area contributed by atoms with E-state index in [1.54, 1.807) is 50.4 Å². The number of nitrogens with one attached hydrogen (secondary N) is 1. The van der Waals surface area contributed by atoms with Crippen molar-refractivity contribution in [1.82, 2.24) is 0 Å². The van der Waals surface area contributed by atoms with Crippen molar-refractivity contribution in [3.63, 3.8) is 0 Å². The molecular formula is C17H19N3O5S. The number of nitrogens with zero attached hydrogens (tertiary/aromatic N) is 1. The van der Waals surface area contributed by atoms with Crippen LogP contribution in [0.15, 0.2) is 52.5 Å². The van der Waals surface area contributed by atoms with E-state index in [2.05, 4.69) is 10.5 Å². The average molecular weight is 377 g/mol. The average Bonchev–Trinajstić information content (AvgIpc) is 2.60. The first-order valence-electron chi connectivity index (χ1n) is 7.52. The Hall–Kier alpha value is -2.91. The van der Waals surface area contributed by atoms with Crippen molar-refractivity contribution < 1.29 is 22.8 Å². The van der Waals surface area contributed by atoms with Gasteiger partial charge in [-0.1, -0.05) is 11.2 Å². The van der Waals surface area contributed by atoms with Crippen LogP contribution >= 0.6 is 0 Å². The number of rotatable bonds is 7. The molecule has 138 valence electrons. The first kappa shape index (κ1) is 19.4. The lowest BCUT2D eigenvalue weighted by Gasteiger charge is -2.08. The van der Waals surface area contributed by atoms with E-state index in [1.165, 1.54) is 12.3 Å². The molecule has 0 aliphatic carbocycles. The van der Waals surface area contributed by atoms with Gasteiger partial charge < -0.3 is 14.9 Å². The third kappa shape index (κ3) is 5.57. The Morgan fingerprint density at radius 1 is 1.23 bits per heavy atom. The van der Waals surface area contributed by atoms with E-state index >= 15 is 0 Å². The van der Waals surface area contributed by atoms with Gasteiger partial charge in [0.05, 0.1) is 18.2 Å². The minimum absolute atomic E-state index is 0.0475. The molecule has 26 heavy (non-hydrogen) atoms. The van der Waals surface area contributed by atoms with Crippen molar-refractivity contribution in [3.8, 4) is 5.75 Å². The number of methoxy groups -OCH3 is 1. The molecule has 0 aromatic heterocycles. The molecule has 0 radical (unpaired) electrons. The summed E-state index contributed by atoms with van der Waals surface area (Å²) < 4.78 is 28.0. The summed E-state index contributed by atoms with van der Waals surface area (Å²) >= 11 is 0. The molecule has 0 bridgehead atoms. The van der Waals surface area contributed by atoms with Crippen LogP contribution in [0.1, 0.15) is 11.1 Å². The molecule has 0 spiro atoms. The number of ether oxygens (including phenoxy) is 1. The molecule has 0 unspecified atom stereocenters. The van der Waals surface area contributed by atoms with Gasteiger partial charge in [-0.25, -0.2) is 13.6 Å². The summed E-state index contributed by atoms with van der Waals surface area (Å²) in [5.41, 5.74) is 1.57. The number of anilines is 1. The normalized spacial score (nSPS) is 11.3. The fraction of sp³-hybridized carbons (Fsp3) is 0.176. The van der Waals surface area contributed by atoms with Crippen LogP contribution < -0.4 is 15.2 Å². The van der Waals surface area contributed by atoms with Crippen LogP contribution in [0.4, 0.5) is 5.69 Å². The van der Waals surface area contributed by atoms with Crippen LogP contribution in [0.3, 0.4) is 0 Å². The summed E-state index contributed by atoms with van der Waals surface area (Å²) in [5, 5.41) is 11.4. The SMILES string of the molecule is COc1ccc(/C=N\OCC(=O)Nc2ccc(C)c(S(N)(=O)=O)c2)cc1. The number of carbonyl (C=O) groups is 1. The maximum Gasteiger partial charge on any atom is 0.265 e. The third-order valence-corrected chi connectivity index (χ3v) is 4.42. The molecule has 0 saturated heterocycles. The minimum atomic E-state index is -3.86. The van der Waals surface area contributed by atoms with E-state index in [0.29, 0.717) is 11.3 Å². The summed E-state index contributed by atoms with van der Waals surface area (Å²) in [6.07, 6.45) is 1.46. The molecule has 3 N–H and O–H groups in total. The monoisotopic (exact) mass is 377 g/mol. The van der Waals surface area contributed by atoms with E-state index in [0.717, 1.165) is 11.3 Å². The zero-order valence-corrected chi connectivity index (χ0v) is 15.1.